The van der Waals surface area contributed by atoms with Crippen LogP contribution < -0.4 is 5.32 Å². The largest absolute Gasteiger partial charge is 0.318 e. The molecule has 0 spiro atoms. The van der Waals surface area contributed by atoms with Crippen molar-refractivity contribution in [3.63, 3.8) is 0 Å². The second kappa shape index (κ2) is 7.66. The number of benzene rings is 3. The van der Waals surface area contributed by atoms with E-state index in [4.69, 9.17) is 11.6 Å². The molecule has 6 heteroatoms. The first-order valence-corrected chi connectivity index (χ1v) is 9.15. The zero-order valence-electron chi connectivity index (χ0n) is 15.1. The van der Waals surface area contributed by atoms with Crippen molar-refractivity contribution in [1.82, 2.24) is 14.8 Å². The molecule has 0 radical (unpaired) electrons. The number of nitrogens with zero attached hydrogens (tertiary/aromatic N) is 3. The lowest BCUT2D eigenvalue weighted by Crippen LogP contribution is -2.14. The Labute approximate surface area is 167 Å². The van der Waals surface area contributed by atoms with Gasteiger partial charge in [0.15, 0.2) is 5.82 Å². The highest BCUT2D eigenvalue weighted by Gasteiger charge is 2.19. The van der Waals surface area contributed by atoms with E-state index in [1.54, 1.807) is 28.9 Å². The predicted octanol–water partition coefficient (Wildman–Crippen LogP) is 5.15. The van der Waals surface area contributed by atoms with Gasteiger partial charge in [-0.1, -0.05) is 66.2 Å². The third-order valence-electron chi connectivity index (χ3n) is 4.21. The smallest absolute Gasteiger partial charge is 0.295 e. The summed E-state index contributed by atoms with van der Waals surface area (Å²) < 4.78 is 1.68. The number of anilines is 1. The van der Waals surface area contributed by atoms with E-state index in [1.807, 2.05) is 61.5 Å². The first kappa shape index (κ1) is 17.9. The topological polar surface area (TPSA) is 59.8 Å². The van der Waals surface area contributed by atoms with Gasteiger partial charge in [0.1, 0.15) is 0 Å². The second-order valence-electron chi connectivity index (χ2n) is 6.31. The van der Waals surface area contributed by atoms with E-state index in [1.165, 1.54) is 0 Å². The van der Waals surface area contributed by atoms with Crippen LogP contribution in [-0.2, 0) is 0 Å². The third-order valence-corrected chi connectivity index (χ3v) is 4.54. The second-order valence-corrected chi connectivity index (χ2v) is 6.72. The van der Waals surface area contributed by atoms with Crippen molar-refractivity contribution in [2.75, 3.05) is 5.32 Å². The van der Waals surface area contributed by atoms with Gasteiger partial charge in [0.05, 0.1) is 16.4 Å². The molecule has 138 valence electrons. The van der Waals surface area contributed by atoms with E-state index in [-0.39, 0.29) is 5.82 Å². The highest BCUT2D eigenvalue weighted by Crippen LogP contribution is 2.24. The number of hydrogen-bond acceptors (Lipinski definition) is 3. The zero-order valence-corrected chi connectivity index (χ0v) is 15.9. The molecular formula is C22H17ClN4O. The maximum absolute atomic E-state index is 12.8. The number of halogens is 1. The van der Waals surface area contributed by atoms with Crippen LogP contribution in [0.25, 0.3) is 17.1 Å². The molecule has 0 aliphatic rings. The summed E-state index contributed by atoms with van der Waals surface area (Å²) in [6.07, 6.45) is 0. The fraction of sp³-hybridized carbons (Fsp3) is 0.0455. The Bertz CT molecular complexity index is 1140. The van der Waals surface area contributed by atoms with Crippen molar-refractivity contribution in [1.29, 1.82) is 0 Å². The Balaban J connectivity index is 1.77. The molecule has 1 amide bonds. The molecule has 0 bridgehead atoms. The molecule has 1 N–H and O–H groups in total. The molecule has 0 fully saturated rings. The summed E-state index contributed by atoms with van der Waals surface area (Å²) in [7, 11) is 0. The summed E-state index contributed by atoms with van der Waals surface area (Å²) in [5.74, 6) is 0.243. The van der Waals surface area contributed by atoms with E-state index in [0.717, 1.165) is 16.8 Å². The van der Waals surface area contributed by atoms with Crippen LogP contribution in [-0.4, -0.2) is 20.7 Å². The van der Waals surface area contributed by atoms with E-state index in [9.17, 15) is 4.79 Å². The molecule has 1 heterocycles. The Morgan fingerprint density at radius 3 is 2.46 bits per heavy atom. The number of nitrogens with one attached hydrogen (secondary N) is 1. The van der Waals surface area contributed by atoms with Gasteiger partial charge in [-0.3, -0.25) is 4.79 Å². The normalized spacial score (nSPS) is 10.6. The van der Waals surface area contributed by atoms with E-state index < -0.39 is 5.91 Å². The minimum Gasteiger partial charge on any atom is -0.318 e. The highest BCUT2D eigenvalue weighted by atomic mass is 35.5. The molecule has 28 heavy (non-hydrogen) atoms. The van der Waals surface area contributed by atoms with Crippen LogP contribution in [0.1, 0.15) is 16.2 Å². The van der Waals surface area contributed by atoms with Gasteiger partial charge in [0.2, 0.25) is 5.82 Å². The monoisotopic (exact) mass is 388 g/mol. The van der Waals surface area contributed by atoms with E-state index in [2.05, 4.69) is 15.4 Å². The molecular weight excluding hydrogens is 372 g/mol. The predicted molar refractivity (Wildman–Crippen MR) is 111 cm³/mol. The lowest BCUT2D eigenvalue weighted by molar-refractivity contribution is 0.101. The average molecular weight is 389 g/mol. The minimum atomic E-state index is -0.420. The standard InChI is InChI=1S/C22H17ClN4O/c1-15-8-7-11-17(14-15)27-21(16-9-3-2-4-10-16)25-20(26-27)22(28)24-19-13-6-5-12-18(19)23/h2-14H,1H3,(H,24,28). The van der Waals surface area contributed by atoms with E-state index in [0.29, 0.717) is 16.5 Å². The van der Waals surface area contributed by atoms with Gasteiger partial charge in [-0.25, -0.2) is 9.67 Å². The Kier molecular flexibility index (Phi) is 4.91. The summed E-state index contributed by atoms with van der Waals surface area (Å²) in [5, 5.41) is 7.70. The third kappa shape index (κ3) is 3.66. The minimum absolute atomic E-state index is 0.0697. The fourth-order valence-corrected chi connectivity index (χ4v) is 3.05. The SMILES string of the molecule is Cc1cccc(-n2nc(C(=O)Nc3ccccc3Cl)nc2-c2ccccc2)c1. The van der Waals surface area contributed by atoms with Crippen LogP contribution in [0.3, 0.4) is 0 Å². The average Bonchev–Trinajstić information content (AvgIpc) is 3.16. The van der Waals surface area contributed by atoms with Crippen LogP contribution >= 0.6 is 11.6 Å². The van der Waals surface area contributed by atoms with Gasteiger partial charge in [-0.2, -0.15) is 0 Å². The summed E-state index contributed by atoms with van der Waals surface area (Å²) in [5.41, 5.74) is 3.31. The Morgan fingerprint density at radius 2 is 1.71 bits per heavy atom. The molecule has 0 atom stereocenters. The molecule has 1 aromatic heterocycles. The van der Waals surface area contributed by atoms with Gasteiger partial charge >= 0.3 is 0 Å². The van der Waals surface area contributed by atoms with Crippen molar-refractivity contribution in [3.8, 4) is 17.1 Å². The summed E-state index contributed by atoms with van der Waals surface area (Å²) in [4.78, 5) is 17.3. The molecule has 3 aromatic carbocycles. The lowest BCUT2D eigenvalue weighted by Gasteiger charge is -2.06. The maximum Gasteiger partial charge on any atom is 0.295 e. The van der Waals surface area contributed by atoms with E-state index >= 15 is 0 Å². The zero-order chi connectivity index (χ0) is 19.5. The Hall–Kier alpha value is -3.44. The number of aryl methyl sites for hydroxylation is 1. The molecule has 5 nitrogen and oxygen atoms in total. The van der Waals surface area contributed by atoms with Crippen LogP contribution in [0.15, 0.2) is 78.9 Å². The molecule has 0 aliphatic carbocycles. The van der Waals surface area contributed by atoms with Crippen molar-refractivity contribution in [2.24, 2.45) is 0 Å². The van der Waals surface area contributed by atoms with Crippen molar-refractivity contribution < 1.29 is 4.79 Å². The van der Waals surface area contributed by atoms with Gasteiger partial charge in [0, 0.05) is 5.56 Å². The lowest BCUT2D eigenvalue weighted by atomic mass is 10.2. The van der Waals surface area contributed by atoms with Crippen LogP contribution in [0.2, 0.25) is 5.02 Å². The first-order chi connectivity index (χ1) is 13.6. The maximum atomic E-state index is 12.8. The van der Waals surface area contributed by atoms with Crippen LogP contribution in [0.5, 0.6) is 0 Å². The molecule has 4 rings (SSSR count). The fourth-order valence-electron chi connectivity index (χ4n) is 2.86. The van der Waals surface area contributed by atoms with Gasteiger partial charge in [0.25, 0.3) is 5.91 Å². The number of amides is 1. The van der Waals surface area contributed by atoms with Crippen LogP contribution in [0.4, 0.5) is 5.69 Å². The molecule has 0 saturated carbocycles. The van der Waals surface area contributed by atoms with Crippen molar-refractivity contribution in [3.05, 3.63) is 95.3 Å². The number of carbonyl (C=O) groups excluding carboxylic acids is 1. The van der Waals surface area contributed by atoms with Crippen molar-refractivity contribution >= 4 is 23.2 Å². The summed E-state index contributed by atoms with van der Waals surface area (Å²) >= 11 is 6.14. The highest BCUT2D eigenvalue weighted by molar-refractivity contribution is 6.33. The Morgan fingerprint density at radius 1 is 0.964 bits per heavy atom. The number of para-hydroxylation sites is 1. The summed E-state index contributed by atoms with van der Waals surface area (Å²) in [6, 6.07) is 24.6. The molecule has 4 aromatic rings. The van der Waals surface area contributed by atoms with Crippen LogP contribution in [0, 0.1) is 6.92 Å². The quantitative estimate of drug-likeness (QED) is 0.526. The first-order valence-electron chi connectivity index (χ1n) is 8.77. The van der Waals surface area contributed by atoms with Crippen molar-refractivity contribution in [2.45, 2.75) is 6.92 Å². The number of carbonyl (C=O) groups is 1. The number of hydrogen-bond donors (Lipinski definition) is 1. The van der Waals surface area contributed by atoms with Gasteiger partial charge < -0.3 is 5.32 Å². The van der Waals surface area contributed by atoms with Gasteiger partial charge in [-0.05, 0) is 36.8 Å². The van der Waals surface area contributed by atoms with Gasteiger partial charge in [-0.15, -0.1) is 5.10 Å². The number of rotatable bonds is 4. The molecule has 0 aliphatic heterocycles. The molecule has 0 unspecified atom stereocenters. The molecule has 0 saturated heterocycles. The summed E-state index contributed by atoms with van der Waals surface area (Å²) in [6.45, 7) is 2.01. The number of aromatic nitrogens is 3.